The Morgan fingerprint density at radius 1 is 0.950 bits per heavy atom. The van der Waals surface area contributed by atoms with Crippen molar-refractivity contribution in [3.8, 4) is 11.3 Å². The van der Waals surface area contributed by atoms with Gasteiger partial charge >= 0.3 is 5.63 Å². The van der Waals surface area contributed by atoms with Gasteiger partial charge in [-0.2, -0.15) is 0 Å². The molecule has 3 aromatic rings. The number of nitrogens with zero attached hydrogens (tertiary/aromatic N) is 1. The van der Waals surface area contributed by atoms with E-state index in [0.717, 1.165) is 11.3 Å². The highest BCUT2D eigenvalue weighted by Gasteiger charge is 2.11. The second kappa shape index (κ2) is 5.40. The molecule has 4 nitrogen and oxygen atoms in total. The molecular weight excluding hydrogens is 252 g/mol. The average molecular weight is 264 g/mol. The molecule has 0 amide bonds. The van der Waals surface area contributed by atoms with Crippen LogP contribution in [0.3, 0.4) is 0 Å². The highest BCUT2D eigenvalue weighted by atomic mass is 16.5. The molecular formula is C16H12N2O2. The molecule has 0 spiro atoms. The molecule has 0 aliphatic rings. The van der Waals surface area contributed by atoms with Crippen LogP contribution < -0.4 is 5.63 Å². The van der Waals surface area contributed by atoms with E-state index < -0.39 is 5.63 Å². The molecule has 3 rings (SSSR count). The average Bonchev–Trinajstić information content (AvgIpc) is 2.88. The lowest BCUT2D eigenvalue weighted by Crippen LogP contribution is -2.01. The normalized spacial score (nSPS) is 11.0. The summed E-state index contributed by atoms with van der Waals surface area (Å²) in [7, 11) is 0. The first-order valence-corrected chi connectivity index (χ1v) is 6.20. The first kappa shape index (κ1) is 12.2. The van der Waals surface area contributed by atoms with Crippen molar-refractivity contribution < 1.29 is 4.52 Å². The summed E-state index contributed by atoms with van der Waals surface area (Å²) in [5.41, 5.74) is 2.29. The molecule has 0 atom stereocenters. The topological polar surface area (TPSA) is 58.4 Å². The number of hydrogen-bond donors (Lipinski definition) is 1. The monoisotopic (exact) mass is 264 g/mol. The molecule has 0 saturated heterocycles. The van der Waals surface area contributed by atoms with Gasteiger partial charge in [0.15, 0.2) is 0 Å². The third-order valence-corrected chi connectivity index (χ3v) is 2.90. The molecule has 4 heteroatoms. The molecule has 0 aliphatic carbocycles. The number of aromatic amines is 1. The fourth-order valence-corrected chi connectivity index (χ4v) is 1.90. The quantitative estimate of drug-likeness (QED) is 0.737. The van der Waals surface area contributed by atoms with E-state index in [1.165, 1.54) is 6.21 Å². The van der Waals surface area contributed by atoms with Gasteiger partial charge in [-0.3, -0.25) is 4.99 Å². The zero-order valence-electron chi connectivity index (χ0n) is 10.6. The van der Waals surface area contributed by atoms with E-state index in [9.17, 15) is 4.79 Å². The largest absolute Gasteiger partial charge is 0.366 e. The van der Waals surface area contributed by atoms with Crippen molar-refractivity contribution in [3.05, 3.63) is 76.6 Å². The Morgan fingerprint density at radius 2 is 1.60 bits per heavy atom. The Labute approximate surface area is 115 Å². The van der Waals surface area contributed by atoms with Crippen molar-refractivity contribution in [1.82, 2.24) is 5.16 Å². The maximum atomic E-state index is 11.7. The predicted octanol–water partition coefficient (Wildman–Crippen LogP) is 3.39. The Bertz CT molecular complexity index is 771. The number of para-hydroxylation sites is 1. The second-order valence-electron chi connectivity index (χ2n) is 4.24. The van der Waals surface area contributed by atoms with Crippen LogP contribution in [0.4, 0.5) is 5.69 Å². The number of nitrogens with one attached hydrogen (secondary N) is 1. The molecule has 0 saturated carbocycles. The lowest BCUT2D eigenvalue weighted by molar-refractivity contribution is 0.393. The number of aliphatic imine (C=N–C) groups is 1. The van der Waals surface area contributed by atoms with Crippen molar-refractivity contribution >= 4 is 11.9 Å². The van der Waals surface area contributed by atoms with Crippen LogP contribution in [0, 0.1) is 0 Å². The van der Waals surface area contributed by atoms with Gasteiger partial charge in [0, 0.05) is 11.8 Å². The summed E-state index contributed by atoms with van der Waals surface area (Å²) in [6.07, 6.45) is 1.53. The van der Waals surface area contributed by atoms with Crippen LogP contribution in [0.15, 0.2) is 75.0 Å². The van der Waals surface area contributed by atoms with E-state index in [1.807, 2.05) is 60.7 Å². The van der Waals surface area contributed by atoms with Crippen LogP contribution in [-0.2, 0) is 0 Å². The van der Waals surface area contributed by atoms with Gasteiger partial charge in [-0.25, -0.2) is 9.95 Å². The van der Waals surface area contributed by atoms with E-state index in [0.29, 0.717) is 11.3 Å². The van der Waals surface area contributed by atoms with Crippen LogP contribution in [0.5, 0.6) is 0 Å². The van der Waals surface area contributed by atoms with Gasteiger partial charge in [0.2, 0.25) is 0 Å². The van der Waals surface area contributed by atoms with E-state index >= 15 is 0 Å². The first-order valence-electron chi connectivity index (χ1n) is 6.20. The lowest BCUT2D eigenvalue weighted by atomic mass is 10.1. The minimum Gasteiger partial charge on any atom is -0.338 e. The first-order chi connectivity index (χ1) is 9.84. The van der Waals surface area contributed by atoms with Crippen molar-refractivity contribution in [2.75, 3.05) is 0 Å². The van der Waals surface area contributed by atoms with Crippen LogP contribution >= 0.6 is 0 Å². The number of aromatic nitrogens is 1. The number of benzene rings is 2. The van der Waals surface area contributed by atoms with E-state index in [-0.39, 0.29) is 0 Å². The molecule has 2 aromatic carbocycles. The number of H-pyrrole nitrogens is 1. The van der Waals surface area contributed by atoms with Gasteiger partial charge < -0.3 is 4.52 Å². The highest BCUT2D eigenvalue weighted by Crippen LogP contribution is 2.18. The third-order valence-electron chi connectivity index (χ3n) is 2.90. The van der Waals surface area contributed by atoms with Gasteiger partial charge in [-0.05, 0) is 12.1 Å². The van der Waals surface area contributed by atoms with E-state index in [2.05, 4.69) is 10.1 Å². The summed E-state index contributed by atoms with van der Waals surface area (Å²) >= 11 is 0. The predicted molar refractivity (Wildman–Crippen MR) is 78.5 cm³/mol. The zero-order chi connectivity index (χ0) is 13.8. The van der Waals surface area contributed by atoms with Crippen LogP contribution in [0.25, 0.3) is 11.3 Å². The van der Waals surface area contributed by atoms with Crippen molar-refractivity contribution in [1.29, 1.82) is 0 Å². The molecule has 1 aromatic heterocycles. The Kier molecular flexibility index (Phi) is 3.29. The molecule has 1 N–H and O–H groups in total. The fraction of sp³-hybridized carbons (Fsp3) is 0. The molecule has 0 aliphatic heterocycles. The van der Waals surface area contributed by atoms with Crippen LogP contribution in [-0.4, -0.2) is 11.4 Å². The summed E-state index contributed by atoms with van der Waals surface area (Å²) < 4.78 is 4.87. The second-order valence-corrected chi connectivity index (χ2v) is 4.24. The highest BCUT2D eigenvalue weighted by molar-refractivity contribution is 5.89. The lowest BCUT2D eigenvalue weighted by Gasteiger charge is -1.97. The standard InChI is InChI=1S/C16H12N2O2/c19-16-14(11-17-13-9-5-2-6-10-13)15(18-20-16)12-7-3-1-4-8-12/h1-11,18H. The fourth-order valence-electron chi connectivity index (χ4n) is 1.90. The molecule has 0 bridgehead atoms. The van der Waals surface area contributed by atoms with Crippen molar-refractivity contribution in [3.63, 3.8) is 0 Å². The molecule has 1 heterocycles. The maximum Gasteiger partial charge on any atom is 0.366 e. The van der Waals surface area contributed by atoms with E-state index in [4.69, 9.17) is 4.52 Å². The molecule has 0 unspecified atom stereocenters. The summed E-state index contributed by atoms with van der Waals surface area (Å²) in [6, 6.07) is 19.0. The summed E-state index contributed by atoms with van der Waals surface area (Å²) in [5, 5.41) is 2.65. The maximum absolute atomic E-state index is 11.7. The van der Waals surface area contributed by atoms with Gasteiger partial charge in [0.1, 0.15) is 5.56 Å². The Balaban J connectivity index is 2.01. The van der Waals surface area contributed by atoms with Crippen molar-refractivity contribution in [2.24, 2.45) is 4.99 Å². The molecule has 0 fully saturated rings. The van der Waals surface area contributed by atoms with Gasteiger partial charge in [0.05, 0.1) is 11.4 Å². The molecule has 0 radical (unpaired) electrons. The van der Waals surface area contributed by atoms with Crippen molar-refractivity contribution in [2.45, 2.75) is 0 Å². The van der Waals surface area contributed by atoms with E-state index in [1.54, 1.807) is 0 Å². The summed E-state index contributed by atoms with van der Waals surface area (Å²) in [6.45, 7) is 0. The number of hydrogen-bond acceptors (Lipinski definition) is 3. The van der Waals surface area contributed by atoms with Gasteiger partial charge in [0.25, 0.3) is 0 Å². The minimum atomic E-state index is -0.427. The number of rotatable bonds is 3. The van der Waals surface area contributed by atoms with Gasteiger partial charge in [-0.15, -0.1) is 0 Å². The Morgan fingerprint density at radius 3 is 2.30 bits per heavy atom. The third kappa shape index (κ3) is 2.44. The van der Waals surface area contributed by atoms with Crippen LogP contribution in [0.2, 0.25) is 0 Å². The van der Waals surface area contributed by atoms with Gasteiger partial charge in [-0.1, -0.05) is 48.5 Å². The molecule has 98 valence electrons. The summed E-state index contributed by atoms with van der Waals surface area (Å²) in [5.74, 6) is 0. The molecule has 20 heavy (non-hydrogen) atoms. The van der Waals surface area contributed by atoms with Crippen LogP contribution in [0.1, 0.15) is 5.56 Å². The zero-order valence-corrected chi connectivity index (χ0v) is 10.6. The minimum absolute atomic E-state index is 0.417. The Hall–Kier alpha value is -2.88. The summed E-state index contributed by atoms with van der Waals surface area (Å²) in [4.78, 5) is 16.0. The smallest absolute Gasteiger partial charge is 0.338 e. The SMILES string of the molecule is O=c1o[nH]c(-c2ccccc2)c1C=Nc1ccccc1.